The number of rotatable bonds is 8. The van der Waals surface area contributed by atoms with E-state index in [9.17, 15) is 23.1 Å². The lowest BCUT2D eigenvalue weighted by atomic mass is 10.0. The van der Waals surface area contributed by atoms with Gasteiger partial charge in [-0.1, -0.05) is 36.7 Å². The summed E-state index contributed by atoms with van der Waals surface area (Å²) < 4.78 is 52.1. The molecule has 2 heterocycles. The largest absolute Gasteiger partial charge is 0.493 e. The number of alkyl halides is 3. The normalized spacial score (nSPS) is 12.0. The van der Waals surface area contributed by atoms with Crippen LogP contribution in [0.15, 0.2) is 47.0 Å². The number of aryl methyl sites for hydroxylation is 2. The minimum absolute atomic E-state index is 0.0845. The van der Waals surface area contributed by atoms with Crippen LogP contribution in [0.1, 0.15) is 41.5 Å². The molecule has 4 aromatic rings. The van der Waals surface area contributed by atoms with Gasteiger partial charge in [-0.05, 0) is 37.1 Å². The molecule has 6 nitrogen and oxygen atoms in total. The lowest BCUT2D eigenvalue weighted by Crippen LogP contribution is -2.11. The number of benzene rings is 2. The molecule has 0 aliphatic carbocycles. The first-order chi connectivity index (χ1) is 15.3. The summed E-state index contributed by atoms with van der Waals surface area (Å²) in [6.45, 7) is 2.59. The van der Waals surface area contributed by atoms with Crippen LogP contribution in [0.4, 0.5) is 13.2 Å². The highest BCUT2D eigenvalue weighted by Gasteiger charge is 2.37. The third-order valence-electron chi connectivity index (χ3n) is 5.28. The van der Waals surface area contributed by atoms with Gasteiger partial charge in [-0.3, -0.25) is 0 Å². The molecule has 0 spiro atoms. The molecular weight excluding hydrogens is 425 g/mol. The van der Waals surface area contributed by atoms with Crippen molar-refractivity contribution in [2.75, 3.05) is 6.61 Å². The van der Waals surface area contributed by atoms with E-state index in [0.29, 0.717) is 37.1 Å². The number of carboxylic acids is 1. The molecule has 0 saturated carbocycles. The SMILES string of the molecule is CCCc1c(OCCCn2c(C(=O)O)cc3ccccc32)ccc2c(C(F)(F)F)noc12. The average molecular weight is 446 g/mol. The Morgan fingerprint density at radius 2 is 2.00 bits per heavy atom. The van der Waals surface area contributed by atoms with E-state index in [-0.39, 0.29) is 23.3 Å². The zero-order valence-corrected chi connectivity index (χ0v) is 17.3. The second kappa shape index (κ2) is 8.57. The number of aromatic carboxylic acids is 1. The summed E-state index contributed by atoms with van der Waals surface area (Å²) in [5.74, 6) is -0.566. The number of ether oxygens (including phenoxy) is 1. The van der Waals surface area contributed by atoms with E-state index in [1.165, 1.54) is 12.1 Å². The smallest absolute Gasteiger partial charge is 0.437 e. The summed E-state index contributed by atoms with van der Waals surface area (Å²) in [5, 5.41) is 13.5. The predicted octanol–water partition coefficient (Wildman–Crippen LogP) is 5.92. The van der Waals surface area contributed by atoms with Crippen molar-refractivity contribution in [1.82, 2.24) is 9.72 Å². The van der Waals surface area contributed by atoms with Crippen molar-refractivity contribution in [3.63, 3.8) is 0 Å². The van der Waals surface area contributed by atoms with Gasteiger partial charge in [-0.2, -0.15) is 13.2 Å². The fraction of sp³-hybridized carbons (Fsp3) is 0.304. The highest BCUT2D eigenvalue weighted by molar-refractivity contribution is 5.94. The molecule has 0 amide bonds. The van der Waals surface area contributed by atoms with Crippen molar-refractivity contribution in [2.24, 2.45) is 0 Å². The van der Waals surface area contributed by atoms with Gasteiger partial charge in [0.1, 0.15) is 11.4 Å². The summed E-state index contributed by atoms with van der Waals surface area (Å²) in [7, 11) is 0. The van der Waals surface area contributed by atoms with Crippen molar-refractivity contribution >= 4 is 27.8 Å². The van der Waals surface area contributed by atoms with Gasteiger partial charge in [0.05, 0.1) is 12.0 Å². The topological polar surface area (TPSA) is 77.5 Å². The molecule has 0 unspecified atom stereocenters. The summed E-state index contributed by atoms with van der Waals surface area (Å²) in [5.41, 5.74) is 0.601. The predicted molar refractivity (Wildman–Crippen MR) is 112 cm³/mol. The highest BCUT2D eigenvalue weighted by Crippen LogP contribution is 2.38. The Kier molecular flexibility index (Phi) is 5.82. The molecule has 1 N–H and O–H groups in total. The lowest BCUT2D eigenvalue weighted by Gasteiger charge is -2.13. The quantitative estimate of drug-likeness (QED) is 0.340. The van der Waals surface area contributed by atoms with E-state index in [1.807, 2.05) is 31.2 Å². The van der Waals surface area contributed by atoms with Crippen LogP contribution in [0.2, 0.25) is 0 Å². The summed E-state index contributed by atoms with van der Waals surface area (Å²) in [6.07, 6.45) is -2.93. The number of para-hydroxylation sites is 1. The van der Waals surface area contributed by atoms with Crippen molar-refractivity contribution in [3.05, 3.63) is 59.4 Å². The number of hydrogen-bond donors (Lipinski definition) is 1. The number of fused-ring (bicyclic) bond motifs is 2. The number of carboxylic acid groups (broad SMARTS) is 1. The average Bonchev–Trinajstić information content (AvgIpc) is 3.34. The monoisotopic (exact) mass is 446 g/mol. The molecule has 0 aliphatic heterocycles. The van der Waals surface area contributed by atoms with Crippen LogP contribution in [0.5, 0.6) is 5.75 Å². The molecular formula is C23H21F3N2O4. The molecule has 32 heavy (non-hydrogen) atoms. The first kappa shape index (κ1) is 21.7. The molecule has 168 valence electrons. The van der Waals surface area contributed by atoms with Crippen molar-refractivity contribution < 1.29 is 32.3 Å². The molecule has 0 radical (unpaired) electrons. The molecule has 0 atom stereocenters. The Hall–Kier alpha value is -3.49. The van der Waals surface area contributed by atoms with E-state index in [0.717, 1.165) is 10.9 Å². The zero-order chi connectivity index (χ0) is 22.9. The van der Waals surface area contributed by atoms with Crippen LogP contribution < -0.4 is 4.74 Å². The van der Waals surface area contributed by atoms with Crippen LogP contribution in [-0.4, -0.2) is 27.4 Å². The Balaban J connectivity index is 1.53. The van der Waals surface area contributed by atoms with E-state index < -0.39 is 17.8 Å². The third-order valence-corrected chi connectivity index (χ3v) is 5.28. The fourth-order valence-corrected chi connectivity index (χ4v) is 3.90. The fourth-order valence-electron chi connectivity index (χ4n) is 3.90. The van der Waals surface area contributed by atoms with E-state index in [2.05, 4.69) is 5.16 Å². The number of hydrogen-bond acceptors (Lipinski definition) is 4. The van der Waals surface area contributed by atoms with E-state index in [1.54, 1.807) is 10.6 Å². The Bertz CT molecular complexity index is 1270. The van der Waals surface area contributed by atoms with Crippen LogP contribution in [0.25, 0.3) is 21.9 Å². The van der Waals surface area contributed by atoms with Gasteiger partial charge in [-0.15, -0.1) is 0 Å². The van der Waals surface area contributed by atoms with Crippen molar-refractivity contribution in [2.45, 2.75) is 38.9 Å². The van der Waals surface area contributed by atoms with Gasteiger partial charge in [0, 0.05) is 23.0 Å². The minimum atomic E-state index is -4.60. The van der Waals surface area contributed by atoms with Gasteiger partial charge in [0.25, 0.3) is 0 Å². The van der Waals surface area contributed by atoms with Crippen molar-refractivity contribution in [3.8, 4) is 5.75 Å². The highest BCUT2D eigenvalue weighted by atomic mass is 19.4. The number of nitrogens with zero attached hydrogens (tertiary/aromatic N) is 2. The second-order valence-electron chi connectivity index (χ2n) is 7.45. The van der Waals surface area contributed by atoms with Gasteiger partial charge < -0.3 is 18.9 Å². The molecule has 4 rings (SSSR count). The Labute approximate surface area is 181 Å². The van der Waals surface area contributed by atoms with Crippen LogP contribution in [0, 0.1) is 0 Å². The first-order valence-electron chi connectivity index (χ1n) is 10.2. The summed E-state index contributed by atoms with van der Waals surface area (Å²) in [4.78, 5) is 11.6. The van der Waals surface area contributed by atoms with E-state index >= 15 is 0 Å². The summed E-state index contributed by atoms with van der Waals surface area (Å²) >= 11 is 0. The third kappa shape index (κ3) is 4.02. The molecule has 0 saturated heterocycles. The maximum atomic E-state index is 13.2. The molecule has 0 fully saturated rings. The van der Waals surface area contributed by atoms with E-state index in [4.69, 9.17) is 9.26 Å². The lowest BCUT2D eigenvalue weighted by molar-refractivity contribution is -0.141. The molecule has 9 heteroatoms. The molecule has 2 aromatic carbocycles. The van der Waals surface area contributed by atoms with Gasteiger partial charge >= 0.3 is 12.1 Å². The van der Waals surface area contributed by atoms with Crippen LogP contribution in [-0.2, 0) is 19.1 Å². The number of aromatic nitrogens is 2. The molecule has 2 aromatic heterocycles. The minimum Gasteiger partial charge on any atom is -0.493 e. The maximum Gasteiger partial charge on any atom is 0.437 e. The Morgan fingerprint density at radius 1 is 1.22 bits per heavy atom. The maximum absolute atomic E-state index is 13.2. The first-order valence-corrected chi connectivity index (χ1v) is 10.2. The summed E-state index contributed by atoms with van der Waals surface area (Å²) in [6, 6.07) is 11.9. The standard InChI is InChI=1S/C23H21F3N2O4/c1-2-6-15-19(10-9-16-20(15)32-27-21(16)23(24,25)26)31-12-5-11-28-17-8-4-3-7-14(17)13-18(28)22(29)30/h3-4,7-10,13H,2,5-6,11-12H2,1H3,(H,29,30). The number of carbonyl (C=O) groups is 1. The van der Waals surface area contributed by atoms with Gasteiger partial charge in [0.15, 0.2) is 11.3 Å². The molecule has 0 aliphatic rings. The van der Waals surface area contributed by atoms with Crippen LogP contribution in [0.3, 0.4) is 0 Å². The zero-order valence-electron chi connectivity index (χ0n) is 17.3. The van der Waals surface area contributed by atoms with Gasteiger partial charge in [0.2, 0.25) is 0 Å². The van der Waals surface area contributed by atoms with Crippen LogP contribution >= 0.6 is 0 Å². The second-order valence-corrected chi connectivity index (χ2v) is 7.45. The van der Waals surface area contributed by atoms with Gasteiger partial charge in [-0.25, -0.2) is 4.79 Å². The molecule has 0 bridgehead atoms. The van der Waals surface area contributed by atoms with Crippen molar-refractivity contribution in [1.29, 1.82) is 0 Å². The number of halogens is 3. The Morgan fingerprint density at radius 3 is 2.72 bits per heavy atom.